The van der Waals surface area contributed by atoms with Crippen LogP contribution < -0.4 is 5.43 Å². The standard InChI is InChI=1S/C16H15N5O/c1-16(2,3)15-20-13(9-18)14(22-15)21-19-10-12-6-4-11(8-17)5-7-12/h4-7,10,21H,1-3H3. The molecule has 1 N–H and O–H groups in total. The zero-order chi connectivity index (χ0) is 16.2. The molecule has 0 radical (unpaired) electrons. The van der Waals surface area contributed by atoms with Gasteiger partial charge in [0.15, 0.2) is 0 Å². The fraction of sp³-hybridized carbons (Fsp3) is 0.250. The molecule has 110 valence electrons. The van der Waals surface area contributed by atoms with Crippen molar-refractivity contribution in [2.75, 3.05) is 5.43 Å². The summed E-state index contributed by atoms with van der Waals surface area (Å²) in [6, 6.07) is 11.0. The van der Waals surface area contributed by atoms with Crippen LogP contribution in [0.2, 0.25) is 0 Å². The third-order valence-electron chi connectivity index (χ3n) is 2.79. The number of hydrazone groups is 1. The Labute approximate surface area is 128 Å². The molecule has 0 bridgehead atoms. The van der Waals surface area contributed by atoms with Crippen LogP contribution in [0.4, 0.5) is 5.88 Å². The molecule has 1 aromatic carbocycles. The van der Waals surface area contributed by atoms with Crippen molar-refractivity contribution in [2.24, 2.45) is 5.10 Å². The maximum atomic E-state index is 9.08. The molecule has 0 amide bonds. The van der Waals surface area contributed by atoms with E-state index < -0.39 is 0 Å². The first-order valence-corrected chi connectivity index (χ1v) is 6.64. The number of nitrogens with one attached hydrogen (secondary N) is 1. The van der Waals surface area contributed by atoms with Crippen LogP contribution in [0.1, 0.15) is 43.5 Å². The first-order valence-electron chi connectivity index (χ1n) is 6.64. The van der Waals surface area contributed by atoms with Crippen LogP contribution in [0.15, 0.2) is 33.8 Å². The Morgan fingerprint density at radius 2 is 1.86 bits per heavy atom. The lowest BCUT2D eigenvalue weighted by Crippen LogP contribution is -2.11. The molecule has 22 heavy (non-hydrogen) atoms. The molecule has 1 heterocycles. The van der Waals surface area contributed by atoms with Crippen LogP contribution in [0.25, 0.3) is 0 Å². The first-order chi connectivity index (χ1) is 10.4. The predicted molar refractivity (Wildman–Crippen MR) is 82.3 cm³/mol. The van der Waals surface area contributed by atoms with Crippen LogP contribution >= 0.6 is 0 Å². The van der Waals surface area contributed by atoms with E-state index in [9.17, 15) is 0 Å². The number of nitrogens with zero attached hydrogens (tertiary/aromatic N) is 4. The summed E-state index contributed by atoms with van der Waals surface area (Å²) in [7, 11) is 0. The Morgan fingerprint density at radius 3 is 2.41 bits per heavy atom. The highest BCUT2D eigenvalue weighted by Gasteiger charge is 2.23. The van der Waals surface area contributed by atoms with Crippen molar-refractivity contribution >= 4 is 12.1 Å². The van der Waals surface area contributed by atoms with Gasteiger partial charge in [-0.05, 0) is 17.7 Å². The third-order valence-corrected chi connectivity index (χ3v) is 2.79. The summed E-state index contributed by atoms with van der Waals surface area (Å²) >= 11 is 0. The SMILES string of the molecule is CC(C)(C)c1nc(C#N)c(NN=Cc2ccc(C#N)cc2)o1. The smallest absolute Gasteiger partial charge is 0.252 e. The molecule has 2 rings (SSSR count). The third kappa shape index (κ3) is 3.50. The van der Waals surface area contributed by atoms with E-state index in [0.717, 1.165) is 5.56 Å². The molecule has 6 heteroatoms. The molecule has 0 saturated carbocycles. The van der Waals surface area contributed by atoms with Crippen molar-refractivity contribution in [2.45, 2.75) is 26.2 Å². The second-order valence-electron chi connectivity index (χ2n) is 5.66. The molecule has 1 aromatic heterocycles. The fourth-order valence-corrected chi connectivity index (χ4v) is 1.60. The number of nitriles is 2. The molecule has 0 atom stereocenters. The lowest BCUT2D eigenvalue weighted by atomic mass is 9.97. The molecule has 0 unspecified atom stereocenters. The average Bonchev–Trinajstić information content (AvgIpc) is 2.91. The van der Waals surface area contributed by atoms with Gasteiger partial charge in [-0.25, -0.2) is 5.43 Å². The Hall–Kier alpha value is -3.12. The van der Waals surface area contributed by atoms with Crippen molar-refractivity contribution in [1.29, 1.82) is 10.5 Å². The van der Waals surface area contributed by atoms with Gasteiger partial charge in [-0.15, -0.1) is 0 Å². The summed E-state index contributed by atoms with van der Waals surface area (Å²) in [4.78, 5) is 4.15. The van der Waals surface area contributed by atoms with Gasteiger partial charge in [0.25, 0.3) is 5.88 Å². The Morgan fingerprint density at radius 1 is 1.18 bits per heavy atom. The molecule has 0 saturated heterocycles. The summed E-state index contributed by atoms with van der Waals surface area (Å²) in [5, 5.41) is 21.8. The van der Waals surface area contributed by atoms with Gasteiger partial charge in [0.1, 0.15) is 6.07 Å². The number of hydrogen-bond donors (Lipinski definition) is 1. The molecule has 0 spiro atoms. The van der Waals surface area contributed by atoms with Crippen molar-refractivity contribution in [3.05, 3.63) is 47.0 Å². The Kier molecular flexibility index (Phi) is 4.24. The first kappa shape index (κ1) is 15.3. The number of anilines is 1. The number of oxazole rings is 1. The number of aromatic nitrogens is 1. The van der Waals surface area contributed by atoms with E-state index in [2.05, 4.69) is 15.5 Å². The van der Waals surface area contributed by atoms with E-state index in [-0.39, 0.29) is 17.0 Å². The predicted octanol–water partition coefficient (Wildman–Crippen LogP) is 3.16. The van der Waals surface area contributed by atoms with E-state index in [0.29, 0.717) is 11.5 Å². The van der Waals surface area contributed by atoms with Gasteiger partial charge in [0.2, 0.25) is 11.6 Å². The van der Waals surface area contributed by atoms with Crippen LogP contribution in [-0.4, -0.2) is 11.2 Å². The normalized spacial score (nSPS) is 11.1. The van der Waals surface area contributed by atoms with Crippen LogP contribution in [0.3, 0.4) is 0 Å². The van der Waals surface area contributed by atoms with E-state index in [4.69, 9.17) is 14.9 Å². The maximum Gasteiger partial charge on any atom is 0.252 e. The largest absolute Gasteiger partial charge is 0.421 e. The molecule has 2 aromatic rings. The van der Waals surface area contributed by atoms with Gasteiger partial charge in [0.05, 0.1) is 17.8 Å². The summed E-state index contributed by atoms with van der Waals surface area (Å²) in [5.41, 5.74) is 3.97. The van der Waals surface area contributed by atoms with Gasteiger partial charge in [-0.1, -0.05) is 32.9 Å². The van der Waals surface area contributed by atoms with E-state index in [1.807, 2.05) is 32.9 Å². The highest BCUT2D eigenvalue weighted by atomic mass is 16.4. The molecular weight excluding hydrogens is 278 g/mol. The van der Waals surface area contributed by atoms with Crippen molar-refractivity contribution < 1.29 is 4.42 Å². The topological polar surface area (TPSA) is 98.0 Å². The van der Waals surface area contributed by atoms with E-state index >= 15 is 0 Å². The summed E-state index contributed by atoms with van der Waals surface area (Å²) < 4.78 is 5.54. The molecule has 6 nitrogen and oxygen atoms in total. The summed E-state index contributed by atoms with van der Waals surface area (Å²) in [6.45, 7) is 5.84. The Balaban J connectivity index is 2.14. The van der Waals surface area contributed by atoms with Crippen molar-refractivity contribution in [1.82, 2.24) is 4.98 Å². The lowest BCUT2D eigenvalue weighted by molar-refractivity contribution is 0.399. The van der Waals surface area contributed by atoms with Gasteiger partial charge in [-0.2, -0.15) is 20.6 Å². The molecule has 0 fully saturated rings. The van der Waals surface area contributed by atoms with E-state index in [1.165, 1.54) is 0 Å². The second kappa shape index (κ2) is 6.11. The van der Waals surface area contributed by atoms with Crippen molar-refractivity contribution in [3.63, 3.8) is 0 Å². The Bertz CT molecular complexity index is 767. The van der Waals surface area contributed by atoms with Gasteiger partial charge < -0.3 is 4.42 Å². The fourth-order valence-electron chi connectivity index (χ4n) is 1.60. The molecule has 0 aliphatic carbocycles. The maximum absolute atomic E-state index is 9.08. The van der Waals surface area contributed by atoms with Crippen LogP contribution in [0.5, 0.6) is 0 Å². The summed E-state index contributed by atoms with van der Waals surface area (Å²) in [6.07, 6.45) is 1.57. The number of rotatable bonds is 3. The lowest BCUT2D eigenvalue weighted by Gasteiger charge is -2.11. The molecule has 0 aliphatic rings. The quantitative estimate of drug-likeness (QED) is 0.692. The van der Waals surface area contributed by atoms with Crippen LogP contribution in [0, 0.1) is 22.7 Å². The van der Waals surface area contributed by atoms with E-state index in [1.54, 1.807) is 30.5 Å². The van der Waals surface area contributed by atoms with Gasteiger partial charge in [-0.3, -0.25) is 0 Å². The monoisotopic (exact) mass is 293 g/mol. The van der Waals surface area contributed by atoms with Crippen LogP contribution in [-0.2, 0) is 5.41 Å². The average molecular weight is 293 g/mol. The number of benzene rings is 1. The number of hydrogen-bond acceptors (Lipinski definition) is 6. The second-order valence-corrected chi connectivity index (χ2v) is 5.66. The van der Waals surface area contributed by atoms with Gasteiger partial charge >= 0.3 is 0 Å². The summed E-state index contributed by atoms with van der Waals surface area (Å²) in [5.74, 6) is 0.692. The zero-order valence-corrected chi connectivity index (χ0v) is 12.6. The highest BCUT2D eigenvalue weighted by Crippen LogP contribution is 2.26. The highest BCUT2D eigenvalue weighted by molar-refractivity contribution is 5.80. The van der Waals surface area contributed by atoms with Crippen molar-refractivity contribution in [3.8, 4) is 12.1 Å². The minimum absolute atomic E-state index is 0.168. The molecular formula is C16H15N5O. The minimum Gasteiger partial charge on any atom is -0.421 e. The van der Waals surface area contributed by atoms with Gasteiger partial charge in [0, 0.05) is 5.41 Å². The minimum atomic E-state index is -0.289. The molecule has 0 aliphatic heterocycles. The zero-order valence-electron chi connectivity index (χ0n) is 12.6.